The van der Waals surface area contributed by atoms with Crippen LogP contribution in [-0.4, -0.2) is 82.6 Å². The number of ether oxygens (including phenoxy) is 2. The van der Waals surface area contributed by atoms with Crippen molar-refractivity contribution < 1.29 is 58.7 Å². The molecule has 64 heavy (non-hydrogen) atoms. The number of methoxy groups -OCH3 is 2. The van der Waals surface area contributed by atoms with Gasteiger partial charge in [-0.15, -0.1) is 0 Å². The van der Waals surface area contributed by atoms with Crippen LogP contribution in [0.3, 0.4) is 0 Å². The molecular weight excluding hydrogens is 829 g/mol. The second-order valence-corrected chi connectivity index (χ2v) is 14.1. The first-order valence-electron chi connectivity index (χ1n) is 19.1. The van der Waals surface area contributed by atoms with Gasteiger partial charge < -0.3 is 61.3 Å². The Hall–Kier alpha value is -8.85. The van der Waals surface area contributed by atoms with Gasteiger partial charge in [-0.25, -0.2) is 4.79 Å². The Kier molecular flexibility index (Phi) is 14.5. The first kappa shape index (κ1) is 46.2. The van der Waals surface area contributed by atoms with E-state index in [0.717, 1.165) is 18.7 Å². The van der Waals surface area contributed by atoms with E-state index < -0.39 is 46.3 Å². The summed E-state index contributed by atoms with van der Waals surface area (Å²) in [6, 6.07) is 25.0. The van der Waals surface area contributed by atoms with E-state index in [0.29, 0.717) is 28.8 Å². The largest absolute Gasteiger partial charge is 0.508 e. The number of hydrogen-bond acceptors (Lipinski definition) is 13. The molecule has 1 unspecified atom stereocenters. The Labute approximate surface area is 365 Å². The third kappa shape index (κ3) is 10.5. The van der Waals surface area contributed by atoms with E-state index in [4.69, 9.17) is 9.47 Å². The average molecular weight is 871 g/mol. The molecule has 5 aromatic carbocycles. The minimum atomic E-state index is -1.66. The van der Waals surface area contributed by atoms with Crippen molar-refractivity contribution in [3.63, 3.8) is 0 Å². The van der Waals surface area contributed by atoms with Crippen LogP contribution < -0.4 is 36.1 Å². The van der Waals surface area contributed by atoms with Gasteiger partial charge in [0.15, 0.2) is 23.0 Å². The molecule has 9 N–H and O–H groups in total. The van der Waals surface area contributed by atoms with Crippen molar-refractivity contribution in [3.8, 4) is 34.8 Å². The highest BCUT2D eigenvalue weighted by Crippen LogP contribution is 2.40. The standard InChI is InChI=1S/C46H42N6O12/c1-25(27-9-15-32(54)16-10-27)26(2)41(57)49-31-13-7-29(8-14-31)43(59)52-46(24-53,21-22-47)23-48-30-11-5-28(6-12-30)42(58)50-35-19-17-33(37(55)39(35)63-3)44(60)51-36-20-18-34(45(61)62)38(56)40(36)64-4/h5-20,24,48,54-56H,21,23H2,1-4H3,(H,49,57)(H,50,58)(H,51,60)(H,52,59)(H,61,62). The van der Waals surface area contributed by atoms with Crippen molar-refractivity contribution in [2.24, 2.45) is 0 Å². The highest BCUT2D eigenvalue weighted by Gasteiger charge is 2.32. The highest BCUT2D eigenvalue weighted by atomic mass is 16.5. The van der Waals surface area contributed by atoms with E-state index in [1.54, 1.807) is 26.0 Å². The van der Waals surface area contributed by atoms with Gasteiger partial charge in [0.2, 0.25) is 0 Å². The maximum Gasteiger partial charge on any atom is 0.339 e. The minimum Gasteiger partial charge on any atom is -0.508 e. The summed E-state index contributed by atoms with van der Waals surface area (Å²) >= 11 is 0. The quantitative estimate of drug-likeness (QED) is 0.0374. The molecule has 18 nitrogen and oxygen atoms in total. The maximum atomic E-state index is 13.3. The summed E-state index contributed by atoms with van der Waals surface area (Å²) in [5.74, 6) is -5.82. The molecule has 0 saturated carbocycles. The van der Waals surface area contributed by atoms with Crippen LogP contribution in [0.5, 0.6) is 28.7 Å². The van der Waals surface area contributed by atoms with Gasteiger partial charge in [-0.05, 0) is 110 Å². The Morgan fingerprint density at radius 1 is 0.656 bits per heavy atom. The summed E-state index contributed by atoms with van der Waals surface area (Å²) in [7, 11) is 2.36. The van der Waals surface area contributed by atoms with Crippen LogP contribution in [0.1, 0.15) is 67.3 Å². The summed E-state index contributed by atoms with van der Waals surface area (Å²) in [5, 5.41) is 63.1. The molecule has 0 fully saturated rings. The summed E-state index contributed by atoms with van der Waals surface area (Å²) < 4.78 is 10.4. The normalized spacial score (nSPS) is 11.9. The van der Waals surface area contributed by atoms with Crippen molar-refractivity contribution in [3.05, 3.63) is 130 Å². The monoisotopic (exact) mass is 870 g/mol. The zero-order valence-electron chi connectivity index (χ0n) is 34.7. The smallest absolute Gasteiger partial charge is 0.339 e. The lowest BCUT2D eigenvalue weighted by Gasteiger charge is -2.27. The van der Waals surface area contributed by atoms with Crippen molar-refractivity contribution in [2.75, 3.05) is 42.0 Å². The molecule has 0 aromatic heterocycles. The lowest BCUT2D eigenvalue weighted by atomic mass is 9.96. The number of nitriles is 1. The van der Waals surface area contributed by atoms with Crippen molar-refractivity contribution in [2.45, 2.75) is 25.8 Å². The number of phenols is 3. The third-order valence-electron chi connectivity index (χ3n) is 9.99. The van der Waals surface area contributed by atoms with Gasteiger partial charge in [0.05, 0.1) is 43.6 Å². The van der Waals surface area contributed by atoms with Crippen LogP contribution in [0, 0.1) is 11.3 Å². The van der Waals surface area contributed by atoms with E-state index >= 15 is 0 Å². The third-order valence-corrected chi connectivity index (χ3v) is 9.99. The number of aromatic hydroxyl groups is 3. The second-order valence-electron chi connectivity index (χ2n) is 14.1. The number of aldehydes is 1. The Morgan fingerprint density at radius 2 is 1.16 bits per heavy atom. The number of carboxylic acid groups (broad SMARTS) is 1. The number of benzene rings is 5. The van der Waals surface area contributed by atoms with Crippen LogP contribution in [0.15, 0.2) is 103 Å². The SMILES string of the molecule is COc1c(NC(=O)c2ccc(NC(=O)c3ccc(NCC(C=O)(CC#N)NC(=O)c4ccc(NC(=O)C(C)=C(C)c5ccc(O)cc5)cc4)cc3)c(OC)c2O)ccc(C(=O)O)c1O. The number of carbonyl (C=O) groups excluding carboxylic acids is 5. The van der Waals surface area contributed by atoms with Gasteiger partial charge in [0, 0.05) is 34.6 Å². The molecule has 0 aliphatic rings. The number of carboxylic acids is 1. The lowest BCUT2D eigenvalue weighted by molar-refractivity contribution is -0.113. The molecule has 4 amide bonds. The molecule has 0 radical (unpaired) electrons. The Morgan fingerprint density at radius 3 is 1.69 bits per heavy atom. The van der Waals surface area contributed by atoms with E-state index in [1.807, 2.05) is 6.07 Å². The summed E-state index contributed by atoms with van der Waals surface area (Å²) in [4.78, 5) is 76.4. The van der Waals surface area contributed by atoms with E-state index in [9.17, 15) is 54.5 Å². The fourth-order valence-corrected chi connectivity index (χ4v) is 6.22. The van der Waals surface area contributed by atoms with Gasteiger partial charge in [0.25, 0.3) is 23.6 Å². The van der Waals surface area contributed by atoms with Crippen LogP contribution in [-0.2, 0) is 9.59 Å². The Balaban J connectivity index is 1.21. The number of rotatable bonds is 17. The first-order valence-corrected chi connectivity index (χ1v) is 19.1. The van der Waals surface area contributed by atoms with E-state index in [-0.39, 0.29) is 64.2 Å². The summed E-state index contributed by atoms with van der Waals surface area (Å²) in [5.41, 5.74) is 0.519. The van der Waals surface area contributed by atoms with Gasteiger partial charge in [-0.2, -0.15) is 5.26 Å². The molecule has 0 saturated heterocycles. The molecule has 0 bridgehead atoms. The number of nitrogens with one attached hydrogen (secondary N) is 5. The molecule has 1 atom stereocenters. The van der Waals surface area contributed by atoms with E-state index in [1.165, 1.54) is 86.0 Å². The maximum absolute atomic E-state index is 13.3. The zero-order chi connectivity index (χ0) is 46.7. The van der Waals surface area contributed by atoms with Crippen molar-refractivity contribution in [1.82, 2.24) is 5.32 Å². The van der Waals surface area contributed by atoms with Crippen LogP contribution in [0.2, 0.25) is 0 Å². The predicted octanol–water partition coefficient (Wildman–Crippen LogP) is 6.15. The summed E-state index contributed by atoms with van der Waals surface area (Å²) in [6.07, 6.45) is 0.0731. The number of phenolic OH excluding ortho intramolecular Hbond substituents is 2. The lowest BCUT2D eigenvalue weighted by Crippen LogP contribution is -2.54. The molecule has 328 valence electrons. The number of hydrogen-bond donors (Lipinski definition) is 9. The van der Waals surface area contributed by atoms with Crippen molar-refractivity contribution in [1.29, 1.82) is 5.26 Å². The molecule has 5 rings (SSSR count). The van der Waals surface area contributed by atoms with E-state index in [2.05, 4.69) is 26.6 Å². The predicted molar refractivity (Wildman–Crippen MR) is 235 cm³/mol. The number of allylic oxidation sites excluding steroid dienone is 1. The fraction of sp³-hybridized carbons (Fsp3) is 0.152. The average Bonchev–Trinajstić information content (AvgIpc) is 3.28. The number of amides is 4. The van der Waals surface area contributed by atoms with Crippen LogP contribution >= 0.6 is 0 Å². The highest BCUT2D eigenvalue weighted by molar-refractivity contribution is 6.11. The molecular formula is C46H42N6O12. The van der Waals surface area contributed by atoms with Gasteiger partial charge >= 0.3 is 5.97 Å². The number of anilines is 4. The number of carbonyl (C=O) groups is 6. The van der Waals surface area contributed by atoms with Crippen molar-refractivity contribution >= 4 is 64.2 Å². The minimum absolute atomic E-state index is 0.00324. The molecule has 18 heteroatoms. The Bertz CT molecular complexity index is 2690. The van der Waals surface area contributed by atoms with Gasteiger partial charge in [-0.1, -0.05) is 12.1 Å². The van der Waals surface area contributed by atoms with Gasteiger partial charge in [-0.3, -0.25) is 19.2 Å². The summed E-state index contributed by atoms with van der Waals surface area (Å²) in [6.45, 7) is 3.24. The molecule has 0 aliphatic heterocycles. The van der Waals surface area contributed by atoms with Gasteiger partial charge in [0.1, 0.15) is 23.1 Å². The van der Waals surface area contributed by atoms with Crippen LogP contribution in [0.4, 0.5) is 22.7 Å². The molecule has 0 heterocycles. The number of nitrogens with zero attached hydrogens (tertiary/aromatic N) is 1. The van der Waals surface area contributed by atoms with Crippen LogP contribution in [0.25, 0.3) is 5.57 Å². The molecule has 0 aliphatic carbocycles. The molecule has 5 aromatic rings. The topological polar surface area (TPSA) is 286 Å². The fourth-order valence-electron chi connectivity index (χ4n) is 6.22. The zero-order valence-corrected chi connectivity index (χ0v) is 34.7. The number of aromatic carboxylic acids is 1. The molecule has 0 spiro atoms. The first-order chi connectivity index (χ1) is 30.5. The second kappa shape index (κ2) is 20.1.